The summed E-state index contributed by atoms with van der Waals surface area (Å²) in [6.45, 7) is 11.3. The molecule has 0 saturated heterocycles. The smallest absolute Gasteiger partial charge is 0.120 e. The fourth-order valence-electron chi connectivity index (χ4n) is 6.85. The molecule has 0 unspecified atom stereocenters. The number of aromatic nitrogens is 3. The van der Waals surface area contributed by atoms with E-state index in [0.717, 1.165) is 61.3 Å². The van der Waals surface area contributed by atoms with E-state index in [1.807, 2.05) is 36.4 Å². The maximum Gasteiger partial charge on any atom is 0.120 e. The molecule has 3 aromatic heterocycles. The molecule has 1 radical (unpaired) electrons. The van der Waals surface area contributed by atoms with Gasteiger partial charge in [-0.05, 0) is 47.5 Å². The van der Waals surface area contributed by atoms with E-state index in [2.05, 4.69) is 152 Å². The number of rotatable bonds is 4. The first kappa shape index (κ1) is 34.3. The van der Waals surface area contributed by atoms with Crippen LogP contribution in [0.15, 0.2) is 138 Å². The van der Waals surface area contributed by atoms with Crippen LogP contribution in [-0.4, -0.2) is 22.6 Å². The maximum absolute atomic E-state index is 6.33. The summed E-state index contributed by atoms with van der Waals surface area (Å²) in [5.41, 5.74) is 10.3. The molecule has 0 saturated carbocycles. The Balaban J connectivity index is 0.000000184. The topological polar surface area (TPSA) is 43.9 Å². The van der Waals surface area contributed by atoms with Crippen LogP contribution in [0.3, 0.4) is 0 Å². The molecule has 6 heteroatoms. The second-order valence-electron chi connectivity index (χ2n) is 13.9. The van der Waals surface area contributed by atoms with E-state index in [4.69, 9.17) is 9.40 Å². The number of benzene rings is 6. The van der Waals surface area contributed by atoms with E-state index in [0.29, 0.717) is 0 Å². The Morgan fingerprint density at radius 2 is 1.47 bits per heavy atom. The third-order valence-corrected chi connectivity index (χ3v) is 11.4. The molecule has 0 fully saturated rings. The fourth-order valence-corrected chi connectivity index (χ4v) is 8.55. The van der Waals surface area contributed by atoms with Crippen LogP contribution in [0.1, 0.15) is 11.1 Å². The molecule has 4 nitrogen and oxygen atoms in total. The molecule has 0 aliphatic carbocycles. The predicted molar refractivity (Wildman–Crippen MR) is 211 cm³/mol. The van der Waals surface area contributed by atoms with Gasteiger partial charge in [-0.2, -0.15) is 0 Å². The van der Waals surface area contributed by atoms with E-state index in [9.17, 15) is 0 Å². The number of imidazole rings is 1. The summed E-state index contributed by atoms with van der Waals surface area (Å²) in [4.78, 5) is 9.67. The van der Waals surface area contributed by atoms with Gasteiger partial charge >= 0.3 is 0 Å². The van der Waals surface area contributed by atoms with Gasteiger partial charge in [-0.3, -0.25) is 4.98 Å². The largest absolute Gasteiger partial charge is 0.501 e. The van der Waals surface area contributed by atoms with Crippen LogP contribution >= 0.6 is 0 Å². The number of hydrogen-bond acceptors (Lipinski definition) is 3. The second kappa shape index (κ2) is 13.9. The monoisotopic (exact) mass is 856 g/mol. The van der Waals surface area contributed by atoms with Gasteiger partial charge in [0.1, 0.15) is 5.58 Å². The van der Waals surface area contributed by atoms with Gasteiger partial charge in [-0.1, -0.05) is 116 Å². The van der Waals surface area contributed by atoms with E-state index in [-0.39, 0.29) is 20.1 Å². The molecular formula is C45H37IrN3OSi-2. The summed E-state index contributed by atoms with van der Waals surface area (Å²) < 4.78 is 8.56. The maximum atomic E-state index is 6.33. The average molecular weight is 856 g/mol. The molecule has 253 valence electrons. The Hall–Kier alpha value is -5.13. The minimum Gasteiger partial charge on any atom is -0.501 e. The Bertz CT molecular complexity index is 2660. The summed E-state index contributed by atoms with van der Waals surface area (Å²) in [5.74, 6) is 0.826. The van der Waals surface area contributed by atoms with E-state index >= 15 is 0 Å². The van der Waals surface area contributed by atoms with Crippen molar-refractivity contribution in [1.82, 2.24) is 14.5 Å². The number of furan rings is 1. The fraction of sp³-hybridized carbons (Fsp3) is 0.111. The molecule has 0 bridgehead atoms. The van der Waals surface area contributed by atoms with Crippen molar-refractivity contribution in [3.05, 3.63) is 157 Å². The molecule has 6 aromatic carbocycles. The number of fused-ring (bicyclic) bond motifs is 5. The second-order valence-corrected chi connectivity index (χ2v) is 18.9. The van der Waals surface area contributed by atoms with Gasteiger partial charge in [0.25, 0.3) is 0 Å². The molecule has 0 N–H and O–H groups in total. The van der Waals surface area contributed by atoms with Gasteiger partial charge in [0.05, 0.1) is 30.5 Å². The zero-order chi connectivity index (χ0) is 34.4. The molecule has 3 heterocycles. The molecule has 9 aromatic rings. The van der Waals surface area contributed by atoms with Crippen LogP contribution in [0.5, 0.6) is 0 Å². The molecule has 0 amide bonds. The van der Waals surface area contributed by atoms with Crippen molar-refractivity contribution in [2.45, 2.75) is 33.5 Å². The number of nitrogens with zero attached hydrogens (tertiary/aromatic N) is 3. The third kappa shape index (κ3) is 6.47. The summed E-state index contributed by atoms with van der Waals surface area (Å²) in [5, 5.41) is 5.99. The Kier molecular flexibility index (Phi) is 9.34. The van der Waals surface area contributed by atoms with Gasteiger partial charge in [0.15, 0.2) is 0 Å². The summed E-state index contributed by atoms with van der Waals surface area (Å²) in [6, 6.07) is 50.4. The molecule has 0 aliphatic rings. The zero-order valence-corrected chi connectivity index (χ0v) is 32.7. The third-order valence-electron chi connectivity index (χ3n) is 9.29. The molecule has 0 spiro atoms. The first-order valence-electron chi connectivity index (χ1n) is 17.0. The average Bonchev–Trinajstić information content (AvgIpc) is 3.70. The van der Waals surface area contributed by atoms with Gasteiger partial charge in [0.2, 0.25) is 0 Å². The van der Waals surface area contributed by atoms with Crippen molar-refractivity contribution in [3.63, 3.8) is 0 Å². The van der Waals surface area contributed by atoms with E-state index in [1.165, 1.54) is 27.1 Å². The Morgan fingerprint density at radius 3 is 2.25 bits per heavy atom. The summed E-state index contributed by atoms with van der Waals surface area (Å²) in [7, 11) is -1.28. The van der Waals surface area contributed by atoms with Gasteiger partial charge < -0.3 is 14.0 Å². The number of pyridine rings is 1. The van der Waals surface area contributed by atoms with Crippen LogP contribution < -0.4 is 5.19 Å². The normalized spacial score (nSPS) is 11.5. The summed E-state index contributed by atoms with van der Waals surface area (Å²) in [6.07, 6.45) is 2.06. The van der Waals surface area contributed by atoms with Gasteiger partial charge in [0, 0.05) is 42.8 Å². The SMILES string of the molecule is Cc1c[c-]c(-c2cc(C)c([Si](C)(C)C)cn2)cc1.[Ir].[c-]1ccc2c(oc3ccccc32)c1-c1nc2ccccc2n1-c1cccc2ccccc12. The molecule has 51 heavy (non-hydrogen) atoms. The van der Waals surface area contributed by atoms with Crippen LogP contribution in [0.4, 0.5) is 0 Å². The van der Waals surface area contributed by atoms with Crippen LogP contribution in [-0.2, 0) is 20.1 Å². The minimum atomic E-state index is -1.28. The quantitative estimate of drug-likeness (QED) is 0.131. The Morgan fingerprint density at radius 1 is 0.725 bits per heavy atom. The molecule has 0 aliphatic heterocycles. The zero-order valence-electron chi connectivity index (χ0n) is 29.3. The summed E-state index contributed by atoms with van der Waals surface area (Å²) >= 11 is 0. The van der Waals surface area contributed by atoms with Crippen molar-refractivity contribution in [2.24, 2.45) is 0 Å². The van der Waals surface area contributed by atoms with Crippen LogP contribution in [0.2, 0.25) is 19.6 Å². The minimum absolute atomic E-state index is 0. The van der Waals surface area contributed by atoms with Crippen molar-refractivity contribution in [2.75, 3.05) is 0 Å². The van der Waals surface area contributed by atoms with Crippen molar-refractivity contribution < 1.29 is 24.5 Å². The first-order chi connectivity index (χ1) is 24.3. The van der Waals surface area contributed by atoms with Crippen LogP contribution in [0.25, 0.3) is 72.1 Å². The first-order valence-corrected chi connectivity index (χ1v) is 20.5. The van der Waals surface area contributed by atoms with Crippen molar-refractivity contribution in [3.8, 4) is 28.3 Å². The number of aryl methyl sites for hydroxylation is 2. The number of para-hydroxylation sites is 3. The van der Waals surface area contributed by atoms with Crippen LogP contribution in [0, 0.1) is 26.0 Å². The standard InChI is InChI=1S/C29H17N2O.C16H20NSi.Ir/c1-2-11-20-19(9-1)10-7-17-25(20)31-26-16-5-4-15-24(26)30-29(31)23-14-8-13-22-21-12-3-6-18-27(21)32-28(22)23;1-12-6-8-14(9-7-12)15-10-13(2)16(11-17-15)18(3,4)5;/h1-13,15-18H;6-8,10-11H,1-5H3;/q2*-1;. The number of hydrogen-bond donors (Lipinski definition) is 0. The predicted octanol–water partition coefficient (Wildman–Crippen LogP) is 11.3. The van der Waals surface area contributed by atoms with E-state index < -0.39 is 8.07 Å². The van der Waals surface area contributed by atoms with E-state index in [1.54, 1.807) is 0 Å². The van der Waals surface area contributed by atoms with Crippen molar-refractivity contribution in [1.29, 1.82) is 0 Å². The molecule has 9 rings (SSSR count). The van der Waals surface area contributed by atoms with Gasteiger partial charge in [-0.25, -0.2) is 0 Å². The van der Waals surface area contributed by atoms with Crippen molar-refractivity contribution >= 4 is 57.0 Å². The Labute approximate surface area is 313 Å². The molecule has 0 atom stereocenters. The molecular weight excluding hydrogens is 819 g/mol. The van der Waals surface area contributed by atoms with Gasteiger partial charge in [-0.15, -0.1) is 53.6 Å².